The molecule has 0 aliphatic rings. The predicted octanol–water partition coefficient (Wildman–Crippen LogP) is 8.78. The molecule has 0 saturated carbocycles. The number of unbranched alkanes of at least 4 members (excludes halogenated alkanes) is 7. The van der Waals surface area contributed by atoms with E-state index in [1.807, 2.05) is 24.3 Å². The summed E-state index contributed by atoms with van der Waals surface area (Å²) >= 11 is 0. The van der Waals surface area contributed by atoms with Gasteiger partial charge in [0.05, 0.1) is 6.61 Å². The summed E-state index contributed by atoms with van der Waals surface area (Å²) in [7, 11) is -4.76. The third kappa shape index (κ3) is 32.2. The highest BCUT2D eigenvalue weighted by atomic mass is 31.2. The Labute approximate surface area is 259 Å². The smallest absolute Gasteiger partial charge is 0.462 e. The van der Waals surface area contributed by atoms with Gasteiger partial charge in [0.25, 0.3) is 0 Å². The maximum Gasteiger partial charge on any atom is 0.469 e. The van der Waals surface area contributed by atoms with E-state index in [0.717, 1.165) is 70.6 Å². The summed E-state index contributed by atoms with van der Waals surface area (Å²) in [6, 6.07) is 0. The first-order valence-electron chi connectivity index (χ1n) is 15.8. The summed E-state index contributed by atoms with van der Waals surface area (Å²) in [6.07, 6.45) is 36.3. The van der Waals surface area contributed by atoms with Crippen molar-refractivity contribution in [1.29, 1.82) is 0 Å². The molecule has 8 nitrogen and oxygen atoms in total. The maximum absolute atomic E-state index is 12.3. The largest absolute Gasteiger partial charge is 0.469 e. The highest BCUT2D eigenvalue weighted by Crippen LogP contribution is 2.35. The van der Waals surface area contributed by atoms with Crippen LogP contribution in [0.5, 0.6) is 0 Å². The van der Waals surface area contributed by atoms with Crippen molar-refractivity contribution in [2.75, 3.05) is 13.2 Å². The molecule has 0 fully saturated rings. The zero-order valence-corrected chi connectivity index (χ0v) is 27.2. The number of ether oxygens (including phenoxy) is 2. The fourth-order valence-corrected chi connectivity index (χ4v) is 4.10. The Bertz CT molecular complexity index is 927. The van der Waals surface area contributed by atoms with Crippen LogP contribution in [-0.2, 0) is 28.2 Å². The standard InChI is InChI=1S/C34H55O8P/c1-3-5-7-9-11-13-15-17-19-21-23-25-27-29-34(36)42-32(31-41-43(37,38)39)30-40-33(35)28-26-24-22-20-18-16-14-12-10-8-6-4-2/h5-9,11-15,18,20,32H,3-4,10,16-17,19,21-31H2,1-2H3,(H2,37,38,39)/b7-5+,8-6+,11-9+,14-12+,15-13+,20-18+. The monoisotopic (exact) mass is 622 g/mol. The van der Waals surface area contributed by atoms with E-state index in [9.17, 15) is 14.2 Å². The van der Waals surface area contributed by atoms with Gasteiger partial charge in [0.1, 0.15) is 6.61 Å². The fourth-order valence-electron chi connectivity index (χ4n) is 3.74. The molecule has 43 heavy (non-hydrogen) atoms. The number of allylic oxidation sites excluding steroid dienone is 12. The lowest BCUT2D eigenvalue weighted by Gasteiger charge is -2.18. The van der Waals surface area contributed by atoms with Gasteiger partial charge in [0.15, 0.2) is 6.10 Å². The second kappa shape index (κ2) is 29.6. The van der Waals surface area contributed by atoms with E-state index in [0.29, 0.717) is 12.8 Å². The summed E-state index contributed by atoms with van der Waals surface area (Å²) in [6.45, 7) is 3.33. The molecule has 0 spiro atoms. The van der Waals surface area contributed by atoms with Gasteiger partial charge >= 0.3 is 19.8 Å². The van der Waals surface area contributed by atoms with Crippen LogP contribution >= 0.6 is 7.82 Å². The Morgan fingerprint density at radius 1 is 0.628 bits per heavy atom. The highest BCUT2D eigenvalue weighted by molar-refractivity contribution is 7.46. The van der Waals surface area contributed by atoms with Gasteiger partial charge in [-0.3, -0.25) is 14.1 Å². The van der Waals surface area contributed by atoms with Crippen molar-refractivity contribution in [2.45, 2.75) is 116 Å². The first-order valence-corrected chi connectivity index (χ1v) is 17.3. The van der Waals surface area contributed by atoms with E-state index in [-0.39, 0.29) is 19.4 Å². The molecule has 1 atom stereocenters. The predicted molar refractivity (Wildman–Crippen MR) is 174 cm³/mol. The molecule has 0 aromatic carbocycles. The molecule has 0 bridgehead atoms. The second-order valence-corrected chi connectivity index (χ2v) is 11.3. The van der Waals surface area contributed by atoms with Crippen LogP contribution in [0, 0.1) is 0 Å². The van der Waals surface area contributed by atoms with E-state index in [4.69, 9.17) is 19.3 Å². The van der Waals surface area contributed by atoms with Crippen molar-refractivity contribution in [3.63, 3.8) is 0 Å². The molecular formula is C34H55O8P. The van der Waals surface area contributed by atoms with Crippen molar-refractivity contribution < 1.29 is 37.9 Å². The van der Waals surface area contributed by atoms with Crippen LogP contribution in [0.3, 0.4) is 0 Å². The van der Waals surface area contributed by atoms with Crippen molar-refractivity contribution in [2.24, 2.45) is 0 Å². The van der Waals surface area contributed by atoms with Gasteiger partial charge < -0.3 is 19.3 Å². The molecule has 0 amide bonds. The number of rotatable bonds is 27. The zero-order chi connectivity index (χ0) is 31.9. The van der Waals surface area contributed by atoms with Crippen LogP contribution in [0.15, 0.2) is 72.9 Å². The maximum atomic E-state index is 12.3. The number of phosphoric acid groups is 1. The summed E-state index contributed by atoms with van der Waals surface area (Å²) in [5, 5.41) is 0. The van der Waals surface area contributed by atoms with Crippen molar-refractivity contribution in [3.8, 4) is 0 Å². The van der Waals surface area contributed by atoms with Crippen molar-refractivity contribution >= 4 is 19.8 Å². The third-order valence-corrected chi connectivity index (χ3v) is 6.52. The molecule has 0 heterocycles. The van der Waals surface area contributed by atoms with Gasteiger partial charge in [-0.2, -0.15) is 0 Å². The molecule has 0 aromatic heterocycles. The third-order valence-electron chi connectivity index (χ3n) is 6.03. The minimum Gasteiger partial charge on any atom is -0.462 e. The molecule has 0 rings (SSSR count). The van der Waals surface area contributed by atoms with E-state index in [2.05, 4.69) is 67.0 Å². The normalized spacial score (nSPS) is 13.5. The van der Waals surface area contributed by atoms with Gasteiger partial charge in [-0.05, 0) is 64.2 Å². The average Bonchev–Trinajstić information content (AvgIpc) is 2.97. The Morgan fingerprint density at radius 2 is 1.16 bits per heavy atom. The van der Waals surface area contributed by atoms with E-state index in [1.54, 1.807) is 0 Å². The van der Waals surface area contributed by atoms with Gasteiger partial charge in [-0.1, -0.05) is 106 Å². The van der Waals surface area contributed by atoms with Crippen LogP contribution in [0.25, 0.3) is 0 Å². The minimum absolute atomic E-state index is 0.176. The first-order chi connectivity index (χ1) is 20.8. The minimum atomic E-state index is -4.76. The summed E-state index contributed by atoms with van der Waals surface area (Å²) in [5.74, 6) is -0.968. The molecule has 2 N–H and O–H groups in total. The van der Waals surface area contributed by atoms with Crippen molar-refractivity contribution in [3.05, 3.63) is 72.9 Å². The number of esters is 2. The lowest BCUT2D eigenvalue weighted by atomic mass is 10.1. The van der Waals surface area contributed by atoms with E-state index in [1.165, 1.54) is 0 Å². The molecule has 0 saturated heterocycles. The summed E-state index contributed by atoms with van der Waals surface area (Å²) in [4.78, 5) is 42.4. The van der Waals surface area contributed by atoms with Gasteiger partial charge in [0, 0.05) is 12.8 Å². The van der Waals surface area contributed by atoms with Crippen LogP contribution in [0.4, 0.5) is 0 Å². The summed E-state index contributed by atoms with van der Waals surface area (Å²) < 4.78 is 26.1. The molecule has 0 aliphatic carbocycles. The topological polar surface area (TPSA) is 119 Å². The quantitative estimate of drug-likeness (QED) is 0.0307. The van der Waals surface area contributed by atoms with Crippen LogP contribution in [0.1, 0.15) is 110 Å². The number of phosphoric ester groups is 1. The zero-order valence-electron chi connectivity index (χ0n) is 26.3. The number of hydrogen-bond acceptors (Lipinski definition) is 6. The second-order valence-electron chi connectivity index (χ2n) is 10.1. The van der Waals surface area contributed by atoms with E-state index < -0.39 is 32.5 Å². The molecule has 244 valence electrons. The number of carbonyl (C=O) groups is 2. The average molecular weight is 623 g/mol. The summed E-state index contributed by atoms with van der Waals surface area (Å²) in [5.41, 5.74) is 0. The molecule has 0 radical (unpaired) electrons. The van der Waals surface area contributed by atoms with Crippen LogP contribution < -0.4 is 0 Å². The Kier molecular flexibility index (Phi) is 27.8. The Morgan fingerprint density at radius 3 is 1.86 bits per heavy atom. The van der Waals surface area contributed by atoms with Crippen LogP contribution in [0.2, 0.25) is 0 Å². The lowest BCUT2D eigenvalue weighted by Crippen LogP contribution is -2.29. The molecule has 9 heteroatoms. The van der Waals surface area contributed by atoms with E-state index >= 15 is 0 Å². The highest BCUT2D eigenvalue weighted by Gasteiger charge is 2.22. The number of hydrogen-bond donors (Lipinski definition) is 2. The molecule has 0 aliphatic heterocycles. The first kappa shape index (κ1) is 40.5. The molecule has 1 unspecified atom stereocenters. The van der Waals surface area contributed by atoms with Crippen LogP contribution in [-0.4, -0.2) is 41.0 Å². The molecule has 0 aromatic rings. The fraction of sp³-hybridized carbons (Fsp3) is 0.588. The molecular weight excluding hydrogens is 567 g/mol. The Hall–Kier alpha value is -2.51. The SMILES string of the molecule is CC/C=C/C=C/C=C/CCCCCCCC(=O)OC(COC(=O)CCCC/C=C/C/C=C/C/C=C/CC)COP(=O)(O)O. The lowest BCUT2D eigenvalue weighted by molar-refractivity contribution is -0.161. The van der Waals surface area contributed by atoms with Gasteiger partial charge in [-0.15, -0.1) is 0 Å². The van der Waals surface area contributed by atoms with Gasteiger partial charge in [-0.25, -0.2) is 4.57 Å². The number of carbonyl (C=O) groups excluding carboxylic acids is 2. The van der Waals surface area contributed by atoms with Crippen molar-refractivity contribution in [1.82, 2.24) is 0 Å². The Balaban J connectivity index is 4.17. The van der Waals surface area contributed by atoms with Gasteiger partial charge in [0.2, 0.25) is 0 Å².